The Morgan fingerprint density at radius 1 is 1.60 bits per heavy atom. The monoisotopic (exact) mass is 227 g/mol. The highest BCUT2D eigenvalue weighted by Crippen LogP contribution is 2.19. The number of halogens is 1. The minimum absolute atomic E-state index is 0.496. The Labute approximate surface area is 91.5 Å². The van der Waals surface area contributed by atoms with Crippen LogP contribution in [-0.4, -0.2) is 17.0 Å². The number of carbonyl (C=O) groups is 1. The van der Waals surface area contributed by atoms with Gasteiger partial charge in [0.1, 0.15) is 0 Å². The molecule has 15 heavy (non-hydrogen) atoms. The van der Waals surface area contributed by atoms with Crippen molar-refractivity contribution in [2.24, 2.45) is 10.9 Å². The van der Waals surface area contributed by atoms with Crippen LogP contribution in [0, 0.1) is 6.92 Å². The topological polar surface area (TPSA) is 87.7 Å². The van der Waals surface area contributed by atoms with Crippen molar-refractivity contribution in [1.29, 1.82) is 0 Å². The fourth-order valence-electron chi connectivity index (χ4n) is 0.961. The van der Waals surface area contributed by atoms with Crippen molar-refractivity contribution in [3.8, 4) is 0 Å². The second-order valence-electron chi connectivity index (χ2n) is 2.90. The molecular weight excluding hydrogens is 218 g/mol. The van der Waals surface area contributed by atoms with Crippen LogP contribution in [0.1, 0.15) is 5.56 Å². The molecule has 0 aliphatic heterocycles. The molecular formula is C9H10ClN3O2. The lowest BCUT2D eigenvalue weighted by Crippen LogP contribution is -2.30. The SMILES string of the molecule is Cc1ccc(Cl)cc1NC(=O)/C(N)=N\O. The Morgan fingerprint density at radius 3 is 2.87 bits per heavy atom. The van der Waals surface area contributed by atoms with Crippen molar-refractivity contribution in [3.63, 3.8) is 0 Å². The first-order valence-electron chi connectivity index (χ1n) is 4.09. The van der Waals surface area contributed by atoms with E-state index in [4.69, 9.17) is 22.5 Å². The molecule has 0 atom stereocenters. The van der Waals surface area contributed by atoms with Gasteiger partial charge in [-0.2, -0.15) is 0 Å². The van der Waals surface area contributed by atoms with Gasteiger partial charge in [-0.3, -0.25) is 4.79 Å². The van der Waals surface area contributed by atoms with E-state index in [0.29, 0.717) is 10.7 Å². The first-order valence-corrected chi connectivity index (χ1v) is 4.47. The molecule has 1 aromatic rings. The molecule has 5 nitrogen and oxygen atoms in total. The quantitative estimate of drug-likeness (QED) is 0.293. The predicted molar refractivity (Wildman–Crippen MR) is 58.2 cm³/mol. The van der Waals surface area contributed by atoms with Gasteiger partial charge >= 0.3 is 0 Å². The van der Waals surface area contributed by atoms with Gasteiger partial charge in [0.15, 0.2) is 0 Å². The highest BCUT2D eigenvalue weighted by atomic mass is 35.5. The number of nitrogens with zero attached hydrogens (tertiary/aromatic N) is 1. The fraction of sp³-hybridized carbons (Fsp3) is 0.111. The summed E-state index contributed by atoms with van der Waals surface area (Å²) in [6.07, 6.45) is 0. The molecule has 1 aromatic carbocycles. The zero-order chi connectivity index (χ0) is 11.4. The molecule has 0 fully saturated rings. The molecule has 0 aliphatic rings. The molecule has 0 bridgehead atoms. The molecule has 1 amide bonds. The average Bonchev–Trinajstić information content (AvgIpc) is 2.22. The predicted octanol–water partition coefficient (Wildman–Crippen LogP) is 1.33. The van der Waals surface area contributed by atoms with Gasteiger partial charge in [-0.05, 0) is 24.6 Å². The molecule has 0 radical (unpaired) electrons. The van der Waals surface area contributed by atoms with E-state index in [2.05, 4.69) is 10.5 Å². The van der Waals surface area contributed by atoms with E-state index in [1.807, 2.05) is 0 Å². The average molecular weight is 228 g/mol. The molecule has 4 N–H and O–H groups in total. The Hall–Kier alpha value is -1.75. The molecule has 0 heterocycles. The zero-order valence-corrected chi connectivity index (χ0v) is 8.75. The third-order valence-electron chi connectivity index (χ3n) is 1.79. The molecule has 0 spiro atoms. The van der Waals surface area contributed by atoms with Crippen LogP contribution in [0.4, 0.5) is 5.69 Å². The van der Waals surface area contributed by atoms with Crippen LogP contribution in [-0.2, 0) is 4.79 Å². The maximum Gasteiger partial charge on any atom is 0.294 e. The van der Waals surface area contributed by atoms with Gasteiger partial charge in [-0.25, -0.2) is 0 Å². The van der Waals surface area contributed by atoms with E-state index in [1.54, 1.807) is 25.1 Å². The van der Waals surface area contributed by atoms with Gasteiger partial charge in [-0.15, -0.1) is 0 Å². The van der Waals surface area contributed by atoms with Crippen LogP contribution in [0.5, 0.6) is 0 Å². The van der Waals surface area contributed by atoms with Crippen LogP contribution in [0.3, 0.4) is 0 Å². The number of hydrogen-bond donors (Lipinski definition) is 3. The highest BCUT2D eigenvalue weighted by Gasteiger charge is 2.09. The lowest BCUT2D eigenvalue weighted by Gasteiger charge is -2.07. The Balaban J connectivity index is 2.90. The number of oxime groups is 1. The molecule has 80 valence electrons. The molecule has 6 heteroatoms. The first kappa shape index (κ1) is 11.3. The summed E-state index contributed by atoms with van der Waals surface area (Å²) in [6, 6.07) is 5.04. The van der Waals surface area contributed by atoms with E-state index >= 15 is 0 Å². The summed E-state index contributed by atoms with van der Waals surface area (Å²) in [6.45, 7) is 1.80. The number of aryl methyl sites for hydroxylation is 1. The van der Waals surface area contributed by atoms with Crippen molar-refractivity contribution in [3.05, 3.63) is 28.8 Å². The highest BCUT2D eigenvalue weighted by molar-refractivity contribution is 6.41. The third-order valence-corrected chi connectivity index (χ3v) is 2.02. The minimum atomic E-state index is -0.678. The number of carbonyl (C=O) groups excluding carboxylic acids is 1. The lowest BCUT2D eigenvalue weighted by atomic mass is 10.2. The molecule has 0 saturated heterocycles. The second-order valence-corrected chi connectivity index (χ2v) is 3.34. The summed E-state index contributed by atoms with van der Waals surface area (Å²) in [5, 5.41) is 13.8. The summed E-state index contributed by atoms with van der Waals surface area (Å²) in [7, 11) is 0. The van der Waals surface area contributed by atoms with Crippen molar-refractivity contribution in [2.45, 2.75) is 6.92 Å². The maximum absolute atomic E-state index is 11.2. The molecule has 0 aliphatic carbocycles. The number of hydrogen-bond acceptors (Lipinski definition) is 3. The van der Waals surface area contributed by atoms with Gasteiger partial charge in [0, 0.05) is 10.7 Å². The number of rotatable bonds is 1. The molecule has 1 rings (SSSR count). The number of nitrogens with two attached hydrogens (primary N) is 1. The third kappa shape index (κ3) is 2.85. The number of amidine groups is 1. The van der Waals surface area contributed by atoms with Crippen LogP contribution in [0.15, 0.2) is 23.4 Å². The fourth-order valence-corrected chi connectivity index (χ4v) is 1.13. The Morgan fingerprint density at radius 2 is 2.27 bits per heavy atom. The smallest absolute Gasteiger partial charge is 0.294 e. The zero-order valence-electron chi connectivity index (χ0n) is 7.99. The number of benzene rings is 1. The van der Waals surface area contributed by atoms with E-state index in [1.165, 1.54) is 0 Å². The normalized spacial score (nSPS) is 11.2. The lowest BCUT2D eigenvalue weighted by molar-refractivity contribution is -0.110. The number of anilines is 1. The summed E-state index contributed by atoms with van der Waals surface area (Å²) in [5.74, 6) is -1.18. The van der Waals surface area contributed by atoms with Gasteiger partial charge in [-0.1, -0.05) is 22.8 Å². The Kier molecular flexibility index (Phi) is 3.51. The van der Waals surface area contributed by atoms with Crippen molar-refractivity contribution >= 4 is 29.0 Å². The largest absolute Gasteiger partial charge is 0.409 e. The van der Waals surface area contributed by atoms with Crippen molar-refractivity contribution in [1.82, 2.24) is 0 Å². The van der Waals surface area contributed by atoms with Gasteiger partial charge < -0.3 is 16.3 Å². The van der Waals surface area contributed by atoms with E-state index in [-0.39, 0.29) is 0 Å². The maximum atomic E-state index is 11.2. The minimum Gasteiger partial charge on any atom is -0.409 e. The van der Waals surface area contributed by atoms with Gasteiger partial charge in [0.25, 0.3) is 5.91 Å². The van der Waals surface area contributed by atoms with Gasteiger partial charge in [0.05, 0.1) is 0 Å². The summed E-state index contributed by atoms with van der Waals surface area (Å²) in [5.41, 5.74) is 6.47. The van der Waals surface area contributed by atoms with E-state index in [9.17, 15) is 4.79 Å². The van der Waals surface area contributed by atoms with Crippen molar-refractivity contribution < 1.29 is 10.0 Å². The first-order chi connectivity index (χ1) is 7.04. The van der Waals surface area contributed by atoms with Crippen molar-refractivity contribution in [2.75, 3.05) is 5.32 Å². The molecule has 0 unspecified atom stereocenters. The standard InChI is InChI=1S/C9H10ClN3O2/c1-5-2-3-6(10)4-7(5)12-9(14)8(11)13-15/h2-4,15H,1H3,(H2,11,13)(H,12,14). The summed E-state index contributed by atoms with van der Waals surface area (Å²) >= 11 is 5.75. The second kappa shape index (κ2) is 4.65. The molecule has 0 saturated carbocycles. The molecule has 0 aromatic heterocycles. The van der Waals surface area contributed by atoms with Gasteiger partial charge in [0.2, 0.25) is 5.84 Å². The Bertz CT molecular complexity index is 418. The van der Waals surface area contributed by atoms with E-state index in [0.717, 1.165) is 5.56 Å². The van der Waals surface area contributed by atoms with Crippen LogP contribution < -0.4 is 11.1 Å². The summed E-state index contributed by atoms with van der Waals surface area (Å²) in [4.78, 5) is 11.2. The van der Waals surface area contributed by atoms with Crippen LogP contribution in [0.25, 0.3) is 0 Å². The van der Waals surface area contributed by atoms with E-state index < -0.39 is 11.7 Å². The number of nitrogens with one attached hydrogen (secondary N) is 1. The summed E-state index contributed by atoms with van der Waals surface area (Å²) < 4.78 is 0. The van der Waals surface area contributed by atoms with Crippen LogP contribution >= 0.6 is 11.6 Å². The number of amides is 1. The van der Waals surface area contributed by atoms with Crippen LogP contribution in [0.2, 0.25) is 5.02 Å².